The van der Waals surface area contributed by atoms with E-state index in [1.165, 1.54) is 0 Å². The summed E-state index contributed by atoms with van der Waals surface area (Å²) in [5.41, 5.74) is 5.66. The molecule has 0 rings (SSSR count). The molecule has 0 aromatic heterocycles. The molecule has 6 heteroatoms. The van der Waals surface area contributed by atoms with Crippen molar-refractivity contribution in [3.05, 3.63) is 0 Å². The lowest BCUT2D eigenvalue weighted by molar-refractivity contribution is -0.894. The van der Waals surface area contributed by atoms with Crippen LogP contribution in [0, 0.1) is 0 Å². The molecule has 0 amide bonds. The van der Waals surface area contributed by atoms with Crippen LogP contribution in [0.1, 0.15) is 0 Å². The molecule has 0 aliphatic heterocycles. The van der Waals surface area contributed by atoms with Gasteiger partial charge >= 0.3 is 0 Å². The van der Waals surface area contributed by atoms with Gasteiger partial charge in [0.1, 0.15) is 17.8 Å². The highest BCUT2D eigenvalue weighted by atomic mass is 127. The Morgan fingerprint density at radius 3 is 2.27 bits per heavy atom. The van der Waals surface area contributed by atoms with Crippen molar-refractivity contribution in [2.45, 2.75) is 0 Å². The SMILES string of the molecule is C[N+](CN)(CI)CCOCCOCCO. The van der Waals surface area contributed by atoms with Gasteiger partial charge in [0.25, 0.3) is 0 Å². The predicted octanol–water partition coefficient (Wildman–Crippen LogP) is -0.233. The zero-order valence-electron chi connectivity index (χ0n) is 9.32. The van der Waals surface area contributed by atoms with Crippen LogP contribution in [0.25, 0.3) is 0 Å². The summed E-state index contributed by atoms with van der Waals surface area (Å²) in [5, 5.41) is 8.46. The molecule has 0 aromatic rings. The van der Waals surface area contributed by atoms with Gasteiger partial charge in [0.15, 0.2) is 0 Å². The van der Waals surface area contributed by atoms with Crippen molar-refractivity contribution in [3.63, 3.8) is 0 Å². The fraction of sp³-hybridized carbons (Fsp3) is 1.00. The van der Waals surface area contributed by atoms with Crippen molar-refractivity contribution in [2.24, 2.45) is 5.73 Å². The number of quaternary nitrogens is 1. The first kappa shape index (κ1) is 15.5. The number of nitrogens with two attached hydrogens (primary N) is 1. The molecule has 0 saturated heterocycles. The van der Waals surface area contributed by atoms with Gasteiger partial charge in [0, 0.05) is 0 Å². The zero-order valence-corrected chi connectivity index (χ0v) is 11.5. The number of ether oxygens (including phenoxy) is 2. The number of alkyl halides is 1. The van der Waals surface area contributed by atoms with E-state index in [0.717, 1.165) is 15.6 Å². The van der Waals surface area contributed by atoms with Gasteiger partial charge in [-0.3, -0.25) is 5.73 Å². The maximum atomic E-state index is 8.46. The van der Waals surface area contributed by atoms with Gasteiger partial charge in [0.05, 0.1) is 40.1 Å². The van der Waals surface area contributed by atoms with Gasteiger partial charge < -0.3 is 19.1 Å². The Labute approximate surface area is 105 Å². The number of halogens is 1. The van der Waals surface area contributed by atoms with Crippen LogP contribution in [0.5, 0.6) is 0 Å². The molecule has 5 nitrogen and oxygen atoms in total. The third-order valence-corrected chi connectivity index (χ3v) is 3.76. The van der Waals surface area contributed by atoms with E-state index >= 15 is 0 Å². The lowest BCUT2D eigenvalue weighted by Gasteiger charge is -2.30. The standard InChI is InChI=1S/C9H22IN2O3/c1-12(8-10,9-11)2-4-14-6-7-15-5-3-13/h13H,2-9,11H2,1H3/q+1. The maximum Gasteiger partial charge on any atom is 0.130 e. The Balaban J connectivity index is 3.29. The third-order valence-electron chi connectivity index (χ3n) is 2.11. The van der Waals surface area contributed by atoms with Crippen LogP contribution in [0.2, 0.25) is 0 Å². The molecule has 0 aliphatic carbocycles. The maximum absolute atomic E-state index is 8.46. The van der Waals surface area contributed by atoms with E-state index in [1.54, 1.807) is 0 Å². The van der Waals surface area contributed by atoms with E-state index < -0.39 is 0 Å². The number of aliphatic hydroxyl groups is 1. The van der Waals surface area contributed by atoms with E-state index in [2.05, 4.69) is 29.6 Å². The van der Waals surface area contributed by atoms with Gasteiger partial charge in [-0.2, -0.15) is 0 Å². The summed E-state index contributed by atoms with van der Waals surface area (Å²) in [6.07, 6.45) is 0. The van der Waals surface area contributed by atoms with Crippen LogP contribution in [0.15, 0.2) is 0 Å². The molecular formula is C9H22IN2O3+. The minimum absolute atomic E-state index is 0.0664. The minimum atomic E-state index is 0.0664. The number of hydrogen-bond donors (Lipinski definition) is 2. The second-order valence-electron chi connectivity index (χ2n) is 3.59. The van der Waals surface area contributed by atoms with Gasteiger partial charge in [-0.1, -0.05) is 0 Å². The number of aliphatic hydroxyl groups excluding tert-OH is 1. The summed E-state index contributed by atoms with van der Waals surface area (Å²) in [4.78, 5) is 0. The van der Waals surface area contributed by atoms with Crippen molar-refractivity contribution in [1.29, 1.82) is 0 Å². The Bertz CT molecular complexity index is 145. The quantitative estimate of drug-likeness (QED) is 0.145. The molecule has 0 spiro atoms. The average Bonchev–Trinajstić information content (AvgIpc) is 2.27. The van der Waals surface area contributed by atoms with Crippen LogP contribution < -0.4 is 5.73 Å². The highest BCUT2D eigenvalue weighted by Gasteiger charge is 2.16. The topological polar surface area (TPSA) is 64.7 Å². The van der Waals surface area contributed by atoms with Gasteiger partial charge in [-0.05, 0) is 22.6 Å². The second-order valence-corrected chi connectivity index (χ2v) is 4.28. The summed E-state index contributed by atoms with van der Waals surface area (Å²) in [6, 6.07) is 0. The van der Waals surface area contributed by atoms with Gasteiger partial charge in [-0.15, -0.1) is 0 Å². The third kappa shape index (κ3) is 8.35. The van der Waals surface area contributed by atoms with Crippen molar-refractivity contribution in [1.82, 2.24) is 0 Å². The molecule has 0 fully saturated rings. The van der Waals surface area contributed by atoms with Crippen molar-refractivity contribution in [3.8, 4) is 0 Å². The van der Waals surface area contributed by atoms with Crippen LogP contribution in [-0.4, -0.2) is 67.4 Å². The zero-order chi connectivity index (χ0) is 11.6. The van der Waals surface area contributed by atoms with E-state index in [0.29, 0.717) is 33.1 Å². The molecule has 0 saturated carbocycles. The highest BCUT2D eigenvalue weighted by molar-refractivity contribution is 14.1. The predicted molar refractivity (Wildman–Crippen MR) is 67.7 cm³/mol. The molecule has 15 heavy (non-hydrogen) atoms. The Morgan fingerprint density at radius 2 is 1.80 bits per heavy atom. The monoisotopic (exact) mass is 333 g/mol. The summed E-state index contributed by atoms with van der Waals surface area (Å²) in [6.45, 7) is 3.81. The molecule has 1 unspecified atom stereocenters. The first-order valence-corrected chi connectivity index (χ1v) is 6.57. The lowest BCUT2D eigenvalue weighted by Crippen LogP contribution is -2.49. The summed E-state index contributed by atoms with van der Waals surface area (Å²) in [5.74, 6) is 0. The largest absolute Gasteiger partial charge is 0.394 e. The van der Waals surface area contributed by atoms with Crippen molar-refractivity contribution >= 4 is 22.6 Å². The lowest BCUT2D eigenvalue weighted by atomic mass is 10.5. The molecule has 0 aromatic carbocycles. The van der Waals surface area contributed by atoms with E-state index in [-0.39, 0.29) is 6.61 Å². The van der Waals surface area contributed by atoms with Crippen LogP contribution in [-0.2, 0) is 9.47 Å². The summed E-state index contributed by atoms with van der Waals surface area (Å²) >= 11 is 2.33. The summed E-state index contributed by atoms with van der Waals surface area (Å²) < 4.78 is 12.3. The van der Waals surface area contributed by atoms with Crippen LogP contribution in [0.4, 0.5) is 0 Å². The van der Waals surface area contributed by atoms with Gasteiger partial charge in [-0.25, -0.2) is 0 Å². The molecule has 0 radical (unpaired) electrons. The molecule has 1 atom stereocenters. The number of likely N-dealkylation sites (N-methyl/N-ethyl adjacent to an activating group) is 1. The average molecular weight is 333 g/mol. The molecular weight excluding hydrogens is 311 g/mol. The van der Waals surface area contributed by atoms with Crippen LogP contribution in [0.3, 0.4) is 0 Å². The Kier molecular flexibility index (Phi) is 10.1. The first-order valence-electron chi connectivity index (χ1n) is 5.04. The molecule has 92 valence electrons. The second kappa shape index (κ2) is 9.73. The number of hydrogen-bond acceptors (Lipinski definition) is 4. The number of rotatable bonds is 10. The summed E-state index contributed by atoms with van der Waals surface area (Å²) in [7, 11) is 2.11. The Morgan fingerprint density at radius 1 is 1.20 bits per heavy atom. The van der Waals surface area contributed by atoms with Crippen LogP contribution >= 0.6 is 22.6 Å². The van der Waals surface area contributed by atoms with Crippen molar-refractivity contribution in [2.75, 3.05) is 57.8 Å². The first-order chi connectivity index (χ1) is 7.18. The molecule has 0 aliphatic rings. The normalized spacial score (nSPS) is 15.2. The van der Waals surface area contributed by atoms with Gasteiger partial charge in [0.2, 0.25) is 0 Å². The molecule has 0 heterocycles. The fourth-order valence-corrected chi connectivity index (χ4v) is 1.49. The molecule has 3 N–H and O–H groups in total. The van der Waals surface area contributed by atoms with Crippen molar-refractivity contribution < 1.29 is 19.1 Å². The molecule has 0 bridgehead atoms. The smallest absolute Gasteiger partial charge is 0.130 e. The number of nitrogens with zero attached hydrogens (tertiary/aromatic N) is 1. The highest BCUT2D eigenvalue weighted by Crippen LogP contribution is 2.03. The fourth-order valence-electron chi connectivity index (χ4n) is 0.871. The van der Waals surface area contributed by atoms with E-state index in [9.17, 15) is 0 Å². The van der Waals surface area contributed by atoms with E-state index in [1.807, 2.05) is 0 Å². The minimum Gasteiger partial charge on any atom is -0.394 e. The Hall–Kier alpha value is 0.530. The van der Waals surface area contributed by atoms with E-state index in [4.69, 9.17) is 20.3 Å².